The van der Waals surface area contributed by atoms with Crippen LogP contribution in [0.4, 0.5) is 0 Å². The summed E-state index contributed by atoms with van der Waals surface area (Å²) in [5, 5.41) is 0. The van der Waals surface area contributed by atoms with Crippen molar-refractivity contribution >= 4 is 8.07 Å². The van der Waals surface area contributed by atoms with Crippen molar-refractivity contribution in [2.75, 3.05) is 0 Å². The summed E-state index contributed by atoms with van der Waals surface area (Å²) < 4.78 is 0. The molecule has 1 fully saturated rings. The predicted molar refractivity (Wildman–Crippen MR) is 72.8 cm³/mol. The highest BCUT2D eigenvalue weighted by molar-refractivity contribution is 6.86. The van der Waals surface area contributed by atoms with Gasteiger partial charge in [0.2, 0.25) is 0 Å². The van der Waals surface area contributed by atoms with Crippen LogP contribution in [-0.4, -0.2) is 8.07 Å². The Morgan fingerprint density at radius 1 is 0.933 bits per heavy atom. The summed E-state index contributed by atoms with van der Waals surface area (Å²) in [6.07, 6.45) is 8.89. The molecular formula is C14H29Si. The molecule has 1 radical (unpaired) electrons. The summed E-state index contributed by atoms with van der Waals surface area (Å²) in [6, 6.07) is 2.97. The average Bonchev–Trinajstić information content (AvgIpc) is 2.49. The van der Waals surface area contributed by atoms with Crippen LogP contribution in [0.25, 0.3) is 0 Å². The van der Waals surface area contributed by atoms with Crippen LogP contribution < -0.4 is 0 Å². The van der Waals surface area contributed by atoms with Gasteiger partial charge in [-0.15, -0.1) is 0 Å². The van der Waals surface area contributed by atoms with E-state index in [0.717, 1.165) is 5.54 Å². The van der Waals surface area contributed by atoms with Crippen molar-refractivity contribution < 1.29 is 0 Å². The van der Waals surface area contributed by atoms with Crippen molar-refractivity contribution in [2.45, 2.75) is 83.8 Å². The molecule has 0 atom stereocenters. The summed E-state index contributed by atoms with van der Waals surface area (Å²) in [7, 11) is -1.04. The van der Waals surface area contributed by atoms with E-state index in [2.05, 4.69) is 27.7 Å². The van der Waals surface area contributed by atoms with Crippen molar-refractivity contribution in [1.29, 1.82) is 0 Å². The van der Waals surface area contributed by atoms with Gasteiger partial charge in [0, 0.05) is 0 Å². The van der Waals surface area contributed by atoms with Gasteiger partial charge in [-0.05, 0) is 18.4 Å². The van der Waals surface area contributed by atoms with E-state index in [4.69, 9.17) is 0 Å². The fourth-order valence-electron chi connectivity index (χ4n) is 3.63. The Kier molecular flexibility index (Phi) is 5.38. The van der Waals surface area contributed by atoms with Gasteiger partial charge in [0.1, 0.15) is 0 Å². The first-order valence-electron chi connectivity index (χ1n) is 7.02. The first-order valence-corrected chi connectivity index (χ1v) is 9.51. The number of hydrogen-bond donors (Lipinski definition) is 0. The van der Waals surface area contributed by atoms with Crippen molar-refractivity contribution in [3.63, 3.8) is 0 Å². The van der Waals surface area contributed by atoms with Crippen LogP contribution in [0.2, 0.25) is 17.6 Å². The van der Waals surface area contributed by atoms with Crippen molar-refractivity contribution in [3.05, 3.63) is 5.54 Å². The second kappa shape index (κ2) is 6.08. The standard InChI is InChI=1S/C14H29Si/c1-5-15(6-2,13(3)4)14-11-9-7-8-10-12-14/h13H,5-12H2,1-4H3. The highest BCUT2D eigenvalue weighted by Crippen LogP contribution is 2.43. The van der Waals surface area contributed by atoms with E-state index in [0.29, 0.717) is 0 Å². The molecule has 0 N–H and O–H groups in total. The molecule has 0 heterocycles. The van der Waals surface area contributed by atoms with Crippen molar-refractivity contribution in [1.82, 2.24) is 0 Å². The lowest BCUT2D eigenvalue weighted by atomic mass is 10.2. The second-order valence-electron chi connectivity index (χ2n) is 5.54. The van der Waals surface area contributed by atoms with Crippen LogP contribution in [0.1, 0.15) is 66.2 Å². The van der Waals surface area contributed by atoms with E-state index in [9.17, 15) is 0 Å². The normalized spacial score (nSPS) is 20.6. The molecule has 0 aromatic heterocycles. The Labute approximate surface area is 97.9 Å². The van der Waals surface area contributed by atoms with Crippen molar-refractivity contribution in [2.24, 2.45) is 0 Å². The van der Waals surface area contributed by atoms with Gasteiger partial charge >= 0.3 is 0 Å². The smallest absolute Gasteiger partial charge is 0.0620 e. The van der Waals surface area contributed by atoms with E-state index in [1.54, 1.807) is 0 Å². The van der Waals surface area contributed by atoms with Gasteiger partial charge in [-0.3, -0.25) is 0 Å². The number of rotatable bonds is 4. The van der Waals surface area contributed by atoms with Crippen LogP contribution in [0.15, 0.2) is 0 Å². The van der Waals surface area contributed by atoms with Crippen LogP contribution in [-0.2, 0) is 0 Å². The molecule has 1 heteroatoms. The third-order valence-electron chi connectivity index (χ3n) is 4.78. The largest absolute Gasteiger partial charge is 0.0677 e. The molecule has 1 aliphatic carbocycles. The zero-order valence-corrected chi connectivity index (χ0v) is 12.2. The second-order valence-corrected chi connectivity index (χ2v) is 11.1. The van der Waals surface area contributed by atoms with E-state index in [1.165, 1.54) is 50.6 Å². The summed E-state index contributed by atoms with van der Waals surface area (Å²) in [5.74, 6) is 0. The molecule has 15 heavy (non-hydrogen) atoms. The zero-order chi connectivity index (χ0) is 11.3. The Hall–Kier alpha value is 0.217. The minimum Gasteiger partial charge on any atom is -0.0677 e. The van der Waals surface area contributed by atoms with Gasteiger partial charge < -0.3 is 0 Å². The summed E-state index contributed by atoms with van der Waals surface area (Å²) >= 11 is 0. The molecule has 0 amide bonds. The number of hydrogen-bond acceptors (Lipinski definition) is 0. The lowest BCUT2D eigenvalue weighted by molar-refractivity contribution is 0.702. The molecule has 0 nitrogen and oxygen atoms in total. The summed E-state index contributed by atoms with van der Waals surface area (Å²) in [6.45, 7) is 9.87. The van der Waals surface area contributed by atoms with Gasteiger partial charge in [-0.25, -0.2) is 0 Å². The zero-order valence-electron chi connectivity index (χ0n) is 11.2. The molecule has 0 unspecified atom stereocenters. The van der Waals surface area contributed by atoms with E-state index in [-0.39, 0.29) is 0 Å². The third kappa shape index (κ3) is 2.86. The van der Waals surface area contributed by atoms with Crippen LogP contribution in [0.3, 0.4) is 0 Å². The first kappa shape index (κ1) is 13.3. The predicted octanol–water partition coefficient (Wildman–Crippen LogP) is 5.35. The molecule has 89 valence electrons. The maximum absolute atomic E-state index is 2.48. The van der Waals surface area contributed by atoms with Gasteiger partial charge in [0.25, 0.3) is 0 Å². The SMILES string of the molecule is CC[Si](CC)([C]1CCCCCC1)C(C)C. The highest BCUT2D eigenvalue weighted by Gasteiger charge is 2.40. The average molecular weight is 225 g/mol. The Morgan fingerprint density at radius 3 is 1.73 bits per heavy atom. The molecule has 0 aromatic carbocycles. The van der Waals surface area contributed by atoms with Crippen LogP contribution in [0.5, 0.6) is 0 Å². The fourth-order valence-corrected chi connectivity index (χ4v) is 8.93. The quantitative estimate of drug-likeness (QED) is 0.447. The maximum atomic E-state index is 2.48. The maximum Gasteiger partial charge on any atom is 0.0620 e. The first-order chi connectivity index (χ1) is 7.17. The monoisotopic (exact) mass is 225 g/mol. The Bertz CT molecular complexity index is 162. The molecular weight excluding hydrogens is 196 g/mol. The summed E-state index contributed by atoms with van der Waals surface area (Å²) in [5.41, 5.74) is 3.00. The third-order valence-corrected chi connectivity index (χ3v) is 11.4. The molecule has 1 aliphatic rings. The van der Waals surface area contributed by atoms with Crippen LogP contribution >= 0.6 is 0 Å². The van der Waals surface area contributed by atoms with Gasteiger partial charge in [0.05, 0.1) is 8.07 Å². The molecule has 1 rings (SSSR count). The van der Waals surface area contributed by atoms with Crippen LogP contribution in [0, 0.1) is 5.54 Å². The minimum atomic E-state index is -1.04. The molecule has 0 aromatic rings. The van der Waals surface area contributed by atoms with E-state index >= 15 is 0 Å². The lowest BCUT2D eigenvalue weighted by Gasteiger charge is -2.41. The van der Waals surface area contributed by atoms with E-state index < -0.39 is 8.07 Å². The molecule has 0 bridgehead atoms. The van der Waals surface area contributed by atoms with Gasteiger partial charge in [-0.1, -0.05) is 71.0 Å². The molecule has 0 saturated heterocycles. The minimum absolute atomic E-state index is 0.959. The Morgan fingerprint density at radius 2 is 1.40 bits per heavy atom. The van der Waals surface area contributed by atoms with Gasteiger partial charge in [-0.2, -0.15) is 0 Å². The highest BCUT2D eigenvalue weighted by atomic mass is 28.3. The Balaban J connectivity index is 2.76. The van der Waals surface area contributed by atoms with E-state index in [1.807, 2.05) is 5.54 Å². The molecule has 0 spiro atoms. The lowest BCUT2D eigenvalue weighted by Crippen LogP contribution is -2.43. The fraction of sp³-hybridized carbons (Fsp3) is 0.929. The van der Waals surface area contributed by atoms with Crippen molar-refractivity contribution in [3.8, 4) is 0 Å². The molecule has 0 aliphatic heterocycles. The summed E-state index contributed by atoms with van der Waals surface area (Å²) in [4.78, 5) is 0. The van der Waals surface area contributed by atoms with Gasteiger partial charge in [0.15, 0.2) is 0 Å². The molecule has 1 saturated carbocycles. The topological polar surface area (TPSA) is 0 Å².